The van der Waals surface area contributed by atoms with Crippen LogP contribution in [0, 0.1) is 0 Å². The van der Waals surface area contributed by atoms with Crippen LogP contribution in [-0.4, -0.2) is 16.3 Å². The van der Waals surface area contributed by atoms with E-state index in [-0.39, 0.29) is 5.19 Å². The molecule has 1 aromatic heterocycles. The average molecular weight is 249 g/mol. The van der Waals surface area contributed by atoms with Crippen molar-refractivity contribution in [2.24, 2.45) is 0 Å². The van der Waals surface area contributed by atoms with Gasteiger partial charge in [0.15, 0.2) is 0 Å². The van der Waals surface area contributed by atoms with E-state index in [1.54, 1.807) is 12.1 Å². The first kappa shape index (κ1) is 11.5. The summed E-state index contributed by atoms with van der Waals surface area (Å²) in [4.78, 5) is 11.5. The molecule has 2 rings (SSSR count). The standard InChI is InChI=1S/C11H11N3O2S/c1-2-9-13-14-11(17-9)16-10(15)12-8-6-4-3-5-7-8/h3-7H,2H2,1H3,(H,12,15). The van der Waals surface area contributed by atoms with E-state index in [9.17, 15) is 4.79 Å². The van der Waals surface area contributed by atoms with Gasteiger partial charge in [-0.1, -0.05) is 41.6 Å². The quantitative estimate of drug-likeness (QED) is 0.908. The predicted octanol–water partition coefficient (Wildman–Crippen LogP) is 2.71. The molecule has 1 heterocycles. The van der Waals surface area contributed by atoms with E-state index in [1.165, 1.54) is 11.3 Å². The van der Waals surface area contributed by atoms with E-state index in [0.717, 1.165) is 11.4 Å². The van der Waals surface area contributed by atoms with Gasteiger partial charge in [-0.15, -0.1) is 5.10 Å². The monoisotopic (exact) mass is 249 g/mol. The van der Waals surface area contributed by atoms with Crippen LogP contribution in [0.2, 0.25) is 0 Å². The molecule has 0 aliphatic carbocycles. The van der Waals surface area contributed by atoms with Crippen LogP contribution < -0.4 is 10.1 Å². The molecular weight excluding hydrogens is 238 g/mol. The summed E-state index contributed by atoms with van der Waals surface area (Å²) in [6.07, 6.45) is 0.219. The molecule has 6 heteroatoms. The molecule has 0 unspecified atom stereocenters. The molecule has 0 bridgehead atoms. The molecule has 17 heavy (non-hydrogen) atoms. The Kier molecular flexibility index (Phi) is 3.66. The largest absolute Gasteiger partial charge is 0.419 e. The maximum atomic E-state index is 11.5. The van der Waals surface area contributed by atoms with Crippen molar-refractivity contribution < 1.29 is 9.53 Å². The smallest absolute Gasteiger partial charge is 0.380 e. The predicted molar refractivity (Wildman–Crippen MR) is 65.4 cm³/mol. The summed E-state index contributed by atoms with van der Waals surface area (Å²) in [6.45, 7) is 1.97. The number of para-hydroxylation sites is 1. The molecule has 0 spiro atoms. The van der Waals surface area contributed by atoms with Crippen LogP contribution in [0.15, 0.2) is 30.3 Å². The van der Waals surface area contributed by atoms with Gasteiger partial charge in [0, 0.05) is 5.69 Å². The van der Waals surface area contributed by atoms with Gasteiger partial charge in [-0.05, 0) is 18.6 Å². The number of carbonyl (C=O) groups is 1. The maximum Gasteiger partial charge on any atom is 0.419 e. The Morgan fingerprint density at radius 3 is 2.76 bits per heavy atom. The van der Waals surface area contributed by atoms with Crippen LogP contribution in [-0.2, 0) is 6.42 Å². The number of anilines is 1. The van der Waals surface area contributed by atoms with Crippen molar-refractivity contribution in [3.05, 3.63) is 35.3 Å². The highest BCUT2D eigenvalue weighted by atomic mass is 32.1. The van der Waals surface area contributed by atoms with Crippen molar-refractivity contribution in [1.29, 1.82) is 0 Å². The Morgan fingerprint density at radius 1 is 1.35 bits per heavy atom. The molecule has 0 aliphatic heterocycles. The normalized spacial score (nSPS) is 9.94. The van der Waals surface area contributed by atoms with Crippen molar-refractivity contribution in [3.8, 4) is 5.19 Å². The van der Waals surface area contributed by atoms with Crippen molar-refractivity contribution in [2.75, 3.05) is 5.32 Å². The molecule has 1 N–H and O–H groups in total. The Labute approximate surface area is 102 Å². The molecule has 0 fully saturated rings. The fourth-order valence-corrected chi connectivity index (χ4v) is 1.79. The van der Waals surface area contributed by atoms with E-state index < -0.39 is 6.09 Å². The number of ether oxygens (including phenoxy) is 1. The molecule has 2 aromatic rings. The van der Waals surface area contributed by atoms with Crippen LogP contribution in [0.1, 0.15) is 11.9 Å². The zero-order valence-corrected chi connectivity index (χ0v) is 10.0. The third-order valence-corrected chi connectivity index (χ3v) is 2.90. The molecule has 1 amide bonds. The Morgan fingerprint density at radius 2 is 2.12 bits per heavy atom. The first-order valence-corrected chi connectivity index (χ1v) is 5.96. The summed E-state index contributed by atoms with van der Waals surface area (Å²) in [5.41, 5.74) is 0.678. The van der Waals surface area contributed by atoms with Gasteiger partial charge in [-0.2, -0.15) is 0 Å². The fraction of sp³-hybridized carbons (Fsp3) is 0.182. The van der Waals surface area contributed by atoms with Crippen molar-refractivity contribution >= 4 is 23.1 Å². The lowest BCUT2D eigenvalue weighted by molar-refractivity contribution is 0.214. The minimum Gasteiger partial charge on any atom is -0.380 e. The number of rotatable bonds is 3. The lowest BCUT2D eigenvalue weighted by atomic mass is 10.3. The average Bonchev–Trinajstić information content (AvgIpc) is 2.78. The van der Waals surface area contributed by atoms with Gasteiger partial charge in [-0.3, -0.25) is 5.32 Å². The first-order valence-electron chi connectivity index (χ1n) is 5.14. The van der Waals surface area contributed by atoms with E-state index in [4.69, 9.17) is 4.74 Å². The van der Waals surface area contributed by atoms with Crippen molar-refractivity contribution in [3.63, 3.8) is 0 Å². The molecular formula is C11H11N3O2S. The molecule has 5 nitrogen and oxygen atoms in total. The molecule has 0 radical (unpaired) electrons. The number of nitrogens with zero attached hydrogens (tertiary/aromatic N) is 2. The minimum absolute atomic E-state index is 0.260. The Balaban J connectivity index is 1.93. The summed E-state index contributed by atoms with van der Waals surface area (Å²) >= 11 is 1.27. The zero-order valence-electron chi connectivity index (χ0n) is 9.21. The fourth-order valence-electron chi connectivity index (χ4n) is 1.17. The van der Waals surface area contributed by atoms with Crippen molar-refractivity contribution in [2.45, 2.75) is 13.3 Å². The second-order valence-electron chi connectivity index (χ2n) is 3.20. The van der Waals surface area contributed by atoms with Gasteiger partial charge in [0.05, 0.1) is 0 Å². The summed E-state index contributed by atoms with van der Waals surface area (Å²) in [5.74, 6) is 0. The number of benzene rings is 1. The van der Waals surface area contributed by atoms with E-state index in [2.05, 4.69) is 15.5 Å². The summed E-state index contributed by atoms with van der Waals surface area (Å²) < 4.78 is 5.00. The zero-order chi connectivity index (χ0) is 12.1. The second-order valence-corrected chi connectivity index (χ2v) is 4.22. The van der Waals surface area contributed by atoms with Crippen LogP contribution in [0.3, 0.4) is 0 Å². The van der Waals surface area contributed by atoms with Gasteiger partial charge >= 0.3 is 11.3 Å². The minimum atomic E-state index is -0.560. The number of aromatic nitrogens is 2. The lowest BCUT2D eigenvalue weighted by Gasteiger charge is -2.02. The van der Waals surface area contributed by atoms with Gasteiger partial charge in [0.25, 0.3) is 0 Å². The molecule has 0 saturated carbocycles. The molecule has 0 saturated heterocycles. The van der Waals surface area contributed by atoms with Crippen LogP contribution in [0.4, 0.5) is 10.5 Å². The van der Waals surface area contributed by atoms with Crippen LogP contribution >= 0.6 is 11.3 Å². The number of nitrogens with one attached hydrogen (secondary N) is 1. The number of hydrogen-bond acceptors (Lipinski definition) is 5. The summed E-state index contributed by atoms with van der Waals surface area (Å²) in [7, 11) is 0. The van der Waals surface area contributed by atoms with E-state index in [0.29, 0.717) is 5.69 Å². The highest BCUT2D eigenvalue weighted by Gasteiger charge is 2.09. The van der Waals surface area contributed by atoms with Crippen LogP contribution in [0.25, 0.3) is 0 Å². The Hall–Kier alpha value is -1.95. The molecule has 88 valence electrons. The van der Waals surface area contributed by atoms with Crippen molar-refractivity contribution in [1.82, 2.24) is 10.2 Å². The van der Waals surface area contributed by atoms with Gasteiger partial charge in [-0.25, -0.2) is 4.79 Å². The van der Waals surface area contributed by atoms with Crippen LogP contribution in [0.5, 0.6) is 5.19 Å². The third kappa shape index (κ3) is 3.25. The van der Waals surface area contributed by atoms with Gasteiger partial charge in [0.1, 0.15) is 5.01 Å². The number of amides is 1. The molecule has 0 aliphatic rings. The number of hydrogen-bond donors (Lipinski definition) is 1. The highest BCUT2D eigenvalue weighted by molar-refractivity contribution is 7.13. The highest BCUT2D eigenvalue weighted by Crippen LogP contribution is 2.18. The van der Waals surface area contributed by atoms with E-state index >= 15 is 0 Å². The summed E-state index contributed by atoms with van der Waals surface area (Å²) in [5, 5.41) is 11.3. The van der Waals surface area contributed by atoms with Gasteiger partial charge in [0.2, 0.25) is 0 Å². The number of aryl methyl sites for hydroxylation is 1. The van der Waals surface area contributed by atoms with E-state index in [1.807, 2.05) is 25.1 Å². The third-order valence-electron chi connectivity index (χ3n) is 1.95. The second kappa shape index (κ2) is 5.40. The van der Waals surface area contributed by atoms with Gasteiger partial charge < -0.3 is 4.74 Å². The molecule has 0 atom stereocenters. The maximum absolute atomic E-state index is 11.5. The number of carbonyl (C=O) groups excluding carboxylic acids is 1. The molecule has 1 aromatic carbocycles. The SMILES string of the molecule is CCc1nnc(OC(=O)Nc2ccccc2)s1. The lowest BCUT2D eigenvalue weighted by Crippen LogP contribution is -2.16. The topological polar surface area (TPSA) is 64.1 Å². The summed E-state index contributed by atoms with van der Waals surface area (Å²) in [6, 6.07) is 9.08. The first-order chi connectivity index (χ1) is 8.28. The Bertz CT molecular complexity index is 498.